The largest absolute Gasteiger partial charge is 0.481 e. The van der Waals surface area contributed by atoms with Gasteiger partial charge in [-0.3, -0.25) is 0 Å². The minimum absolute atomic E-state index is 0.188. The van der Waals surface area contributed by atoms with Crippen LogP contribution >= 0.6 is 0 Å². The molecule has 0 saturated heterocycles. The normalized spacial score (nSPS) is 11.5. The number of carbonyl (C=O) groups excluding carboxylic acids is 1. The Morgan fingerprint density at radius 1 is 1.10 bits per heavy atom. The molecule has 6 nitrogen and oxygen atoms in total. The lowest BCUT2D eigenvalue weighted by Crippen LogP contribution is -2.13. The Hall–Kier alpha value is -3.00. The Kier molecular flexibility index (Phi) is 6.59. The minimum Gasteiger partial charge on any atom is -0.481 e. The van der Waals surface area contributed by atoms with Crippen molar-refractivity contribution in [2.45, 2.75) is 31.6 Å². The average Bonchev–Trinajstić information content (AvgIpc) is 2.73. The highest BCUT2D eigenvalue weighted by molar-refractivity contribution is 7.90. The fourth-order valence-electron chi connectivity index (χ4n) is 3.55. The van der Waals surface area contributed by atoms with Gasteiger partial charge in [-0.25, -0.2) is 22.6 Å². The molecule has 0 bridgehead atoms. The van der Waals surface area contributed by atoms with Crippen LogP contribution in [0.25, 0.3) is 10.9 Å². The van der Waals surface area contributed by atoms with Crippen LogP contribution in [-0.4, -0.2) is 39.3 Å². The molecule has 0 saturated carbocycles. The van der Waals surface area contributed by atoms with Gasteiger partial charge >= 0.3 is 5.97 Å². The maximum atomic E-state index is 14.6. The van der Waals surface area contributed by atoms with E-state index in [9.17, 15) is 17.6 Å². The molecular formula is C23H24FNO5S. The summed E-state index contributed by atoms with van der Waals surface area (Å²) in [4.78, 5) is 16.3. The number of methoxy groups -OCH3 is 1. The third-order valence-corrected chi connectivity index (χ3v) is 6.26. The lowest BCUT2D eigenvalue weighted by atomic mass is 9.93. The van der Waals surface area contributed by atoms with E-state index in [1.165, 1.54) is 25.5 Å². The van der Waals surface area contributed by atoms with Crippen molar-refractivity contribution in [1.82, 2.24) is 4.98 Å². The van der Waals surface area contributed by atoms with Gasteiger partial charge in [-0.2, -0.15) is 0 Å². The van der Waals surface area contributed by atoms with Crippen LogP contribution in [0.3, 0.4) is 0 Å². The summed E-state index contributed by atoms with van der Waals surface area (Å²) in [5.74, 6) is -0.649. The highest BCUT2D eigenvalue weighted by Gasteiger charge is 2.19. The monoisotopic (exact) mass is 445 g/mol. The van der Waals surface area contributed by atoms with E-state index in [2.05, 4.69) is 9.72 Å². The highest BCUT2D eigenvalue weighted by Crippen LogP contribution is 2.34. The van der Waals surface area contributed by atoms with Gasteiger partial charge < -0.3 is 9.47 Å². The first-order chi connectivity index (χ1) is 14.7. The first kappa shape index (κ1) is 22.7. The Morgan fingerprint density at radius 2 is 1.77 bits per heavy atom. The Bertz CT molecular complexity index is 1240. The number of nitrogens with zero attached hydrogens (tertiary/aromatic N) is 1. The fraction of sp³-hybridized carbons (Fsp3) is 0.304. The zero-order chi connectivity index (χ0) is 22.8. The van der Waals surface area contributed by atoms with Gasteiger partial charge in [0.25, 0.3) is 0 Å². The van der Waals surface area contributed by atoms with Crippen LogP contribution in [0.4, 0.5) is 4.39 Å². The van der Waals surface area contributed by atoms with E-state index >= 15 is 0 Å². The number of fused-ring (bicyclic) bond motifs is 1. The van der Waals surface area contributed by atoms with E-state index in [-0.39, 0.29) is 17.0 Å². The van der Waals surface area contributed by atoms with Gasteiger partial charge in [0.05, 0.1) is 12.0 Å². The number of rotatable bonds is 7. The van der Waals surface area contributed by atoms with Crippen LogP contribution in [0.1, 0.15) is 29.3 Å². The molecule has 0 unspecified atom stereocenters. The van der Waals surface area contributed by atoms with Crippen LogP contribution in [0, 0.1) is 12.7 Å². The van der Waals surface area contributed by atoms with Crippen molar-refractivity contribution in [1.29, 1.82) is 0 Å². The number of ether oxygens (including phenoxy) is 2. The van der Waals surface area contributed by atoms with E-state index < -0.39 is 21.6 Å². The first-order valence-corrected chi connectivity index (χ1v) is 11.6. The second-order valence-corrected chi connectivity index (χ2v) is 9.25. The predicted molar refractivity (Wildman–Crippen MR) is 116 cm³/mol. The molecule has 164 valence electrons. The van der Waals surface area contributed by atoms with Gasteiger partial charge in [-0.05, 0) is 60.7 Å². The lowest BCUT2D eigenvalue weighted by molar-refractivity contribution is -0.142. The van der Waals surface area contributed by atoms with Crippen molar-refractivity contribution < 1.29 is 27.1 Å². The van der Waals surface area contributed by atoms with Crippen LogP contribution in [0.15, 0.2) is 41.3 Å². The molecule has 0 aliphatic heterocycles. The van der Waals surface area contributed by atoms with Gasteiger partial charge in [-0.15, -0.1) is 0 Å². The van der Waals surface area contributed by atoms with Crippen LogP contribution in [0.2, 0.25) is 0 Å². The molecule has 0 radical (unpaired) electrons. The maximum absolute atomic E-state index is 14.6. The summed E-state index contributed by atoms with van der Waals surface area (Å²) in [5, 5.41) is 0.528. The number of pyridine rings is 1. The topological polar surface area (TPSA) is 82.6 Å². The summed E-state index contributed by atoms with van der Waals surface area (Å²) in [7, 11) is -2.01. The number of halogens is 1. The van der Waals surface area contributed by atoms with E-state index in [1.807, 2.05) is 13.8 Å². The van der Waals surface area contributed by atoms with Gasteiger partial charge in [-0.1, -0.05) is 19.1 Å². The number of esters is 1. The first-order valence-electron chi connectivity index (χ1n) is 9.74. The molecule has 0 spiro atoms. The summed E-state index contributed by atoms with van der Waals surface area (Å²) in [6.07, 6.45) is 2.25. The van der Waals surface area contributed by atoms with Gasteiger partial charge in [0.2, 0.25) is 0 Å². The summed E-state index contributed by atoms with van der Waals surface area (Å²) in [6.45, 7) is 3.48. The van der Waals surface area contributed by atoms with Crippen molar-refractivity contribution in [2.75, 3.05) is 20.0 Å². The predicted octanol–water partition coefficient (Wildman–Crippen LogP) is 3.79. The van der Waals surface area contributed by atoms with Crippen molar-refractivity contribution in [3.8, 4) is 5.75 Å². The number of aromatic nitrogens is 1. The molecule has 0 fully saturated rings. The lowest BCUT2D eigenvalue weighted by Gasteiger charge is -2.18. The summed E-state index contributed by atoms with van der Waals surface area (Å²) < 4.78 is 48.2. The smallest absolute Gasteiger partial charge is 0.343 e. The zero-order valence-corrected chi connectivity index (χ0v) is 18.7. The molecule has 3 aromatic rings. The second-order valence-electron chi connectivity index (χ2n) is 7.23. The molecule has 1 heterocycles. The standard InChI is InChI=1S/C23H24FNO5S/c1-5-17-18(12-15-6-8-16(9-7-15)31(4,27)28)14(2)25-23-19(24)10-11-20(22(17)23)30-13-21(26)29-3/h6-11H,5,12-13H2,1-4H3. The molecule has 31 heavy (non-hydrogen) atoms. The van der Waals surface area contributed by atoms with Crippen LogP contribution in [0.5, 0.6) is 5.75 Å². The van der Waals surface area contributed by atoms with E-state index in [0.29, 0.717) is 29.7 Å². The molecule has 0 N–H and O–H groups in total. The average molecular weight is 446 g/mol. The van der Waals surface area contributed by atoms with E-state index in [1.54, 1.807) is 24.3 Å². The molecule has 8 heteroatoms. The van der Waals surface area contributed by atoms with Crippen molar-refractivity contribution >= 4 is 26.7 Å². The number of hydrogen-bond acceptors (Lipinski definition) is 6. The molecular weight excluding hydrogens is 421 g/mol. The SMILES string of the molecule is CCc1c(Cc2ccc(S(C)(=O)=O)cc2)c(C)nc2c(F)ccc(OCC(=O)OC)c12. The Labute approximate surface area is 180 Å². The zero-order valence-electron chi connectivity index (χ0n) is 17.9. The van der Waals surface area contributed by atoms with Gasteiger partial charge in [0.1, 0.15) is 17.1 Å². The summed E-state index contributed by atoms with van der Waals surface area (Å²) in [5.41, 5.74) is 3.55. The number of hydrogen-bond donors (Lipinski definition) is 0. The third-order valence-electron chi connectivity index (χ3n) is 5.13. The molecule has 0 aliphatic rings. The molecule has 0 amide bonds. The van der Waals surface area contributed by atoms with Crippen molar-refractivity contribution in [3.63, 3.8) is 0 Å². The van der Waals surface area contributed by atoms with Crippen molar-refractivity contribution in [3.05, 3.63) is 64.6 Å². The number of benzene rings is 2. The summed E-state index contributed by atoms with van der Waals surface area (Å²) in [6, 6.07) is 9.43. The molecule has 0 aliphatic carbocycles. The van der Waals surface area contributed by atoms with Crippen molar-refractivity contribution in [2.24, 2.45) is 0 Å². The van der Waals surface area contributed by atoms with E-state index in [0.717, 1.165) is 16.7 Å². The molecule has 3 rings (SSSR count). The van der Waals surface area contributed by atoms with Crippen LogP contribution in [-0.2, 0) is 32.2 Å². The number of sulfone groups is 1. The van der Waals surface area contributed by atoms with E-state index in [4.69, 9.17) is 4.74 Å². The quantitative estimate of drug-likeness (QED) is 0.515. The van der Waals surface area contributed by atoms with Gasteiger partial charge in [0.15, 0.2) is 16.4 Å². The third kappa shape index (κ3) is 4.85. The molecule has 1 aromatic heterocycles. The number of aryl methyl sites for hydroxylation is 2. The molecule has 2 aromatic carbocycles. The van der Waals surface area contributed by atoms with Crippen LogP contribution < -0.4 is 4.74 Å². The van der Waals surface area contributed by atoms with Gasteiger partial charge in [0, 0.05) is 17.3 Å². The maximum Gasteiger partial charge on any atom is 0.343 e. The minimum atomic E-state index is -3.28. The number of carbonyl (C=O) groups is 1. The Morgan fingerprint density at radius 3 is 2.35 bits per heavy atom. The highest BCUT2D eigenvalue weighted by atomic mass is 32.2. The Balaban J connectivity index is 2.11. The fourth-order valence-corrected chi connectivity index (χ4v) is 4.18. The summed E-state index contributed by atoms with van der Waals surface area (Å²) >= 11 is 0. The second kappa shape index (κ2) is 9.01. The molecule has 0 atom stereocenters.